The van der Waals surface area contributed by atoms with E-state index in [1.165, 1.54) is 0 Å². The van der Waals surface area contributed by atoms with Crippen molar-refractivity contribution in [2.75, 3.05) is 40.8 Å². The second kappa shape index (κ2) is 6.45. The Morgan fingerprint density at radius 3 is 2.90 bits per heavy atom. The van der Waals surface area contributed by atoms with Gasteiger partial charge in [-0.05, 0) is 32.3 Å². The van der Waals surface area contributed by atoms with Crippen LogP contribution in [0.3, 0.4) is 0 Å². The van der Waals surface area contributed by atoms with Crippen LogP contribution in [-0.2, 0) is 0 Å². The molecule has 110 valence electrons. The molecule has 2 N–H and O–H groups in total. The van der Waals surface area contributed by atoms with Crippen molar-refractivity contribution in [2.24, 2.45) is 10.7 Å². The zero-order valence-electron chi connectivity index (χ0n) is 12.1. The lowest BCUT2D eigenvalue weighted by Crippen LogP contribution is -2.40. The summed E-state index contributed by atoms with van der Waals surface area (Å²) in [4.78, 5) is 8.67. The maximum Gasteiger partial charge on any atom is 0.191 e. The molecule has 0 aromatic heterocycles. The molecule has 0 saturated heterocycles. The number of methoxy groups -OCH3 is 1. The molecular formula is C14H21BrN4O. The fourth-order valence-corrected chi connectivity index (χ4v) is 2.72. The molecule has 0 spiro atoms. The van der Waals surface area contributed by atoms with E-state index in [9.17, 15) is 0 Å². The van der Waals surface area contributed by atoms with E-state index in [2.05, 4.69) is 50.9 Å². The minimum Gasteiger partial charge on any atom is -0.496 e. The normalized spacial score (nSPS) is 18.6. The van der Waals surface area contributed by atoms with Crippen LogP contribution in [0.25, 0.3) is 0 Å². The van der Waals surface area contributed by atoms with Gasteiger partial charge in [-0.3, -0.25) is 4.99 Å². The third-order valence-electron chi connectivity index (χ3n) is 3.44. The van der Waals surface area contributed by atoms with E-state index in [0.29, 0.717) is 12.5 Å². The Labute approximate surface area is 128 Å². The van der Waals surface area contributed by atoms with E-state index in [1.807, 2.05) is 12.1 Å². The van der Waals surface area contributed by atoms with Crippen molar-refractivity contribution in [3.63, 3.8) is 0 Å². The number of nitrogens with zero attached hydrogens (tertiary/aromatic N) is 3. The Kier molecular flexibility index (Phi) is 4.88. The predicted octanol–water partition coefficient (Wildman–Crippen LogP) is 1.69. The first-order valence-corrected chi connectivity index (χ1v) is 7.37. The Balaban J connectivity index is 2.25. The Bertz CT molecular complexity index is 504. The number of hydrogen-bond donors (Lipinski definition) is 1. The van der Waals surface area contributed by atoms with Crippen molar-refractivity contribution in [1.29, 1.82) is 0 Å². The van der Waals surface area contributed by atoms with Crippen LogP contribution in [0.4, 0.5) is 0 Å². The maximum atomic E-state index is 6.03. The number of guanidine groups is 1. The van der Waals surface area contributed by atoms with Crippen LogP contribution in [-0.4, -0.2) is 56.6 Å². The first-order chi connectivity index (χ1) is 9.52. The standard InChI is InChI=1S/C14H21BrN4O/c1-18(2)6-7-19-12(9-17-14(19)16)11-8-10(15)4-5-13(11)20-3/h4-5,8,12H,6-7,9H2,1-3H3,(H2,16,17). The van der Waals surface area contributed by atoms with Crippen molar-refractivity contribution in [3.05, 3.63) is 28.2 Å². The van der Waals surface area contributed by atoms with Gasteiger partial charge in [0, 0.05) is 23.1 Å². The van der Waals surface area contributed by atoms with Gasteiger partial charge >= 0.3 is 0 Å². The average molecular weight is 341 g/mol. The summed E-state index contributed by atoms with van der Waals surface area (Å²) in [6.07, 6.45) is 0. The van der Waals surface area contributed by atoms with Gasteiger partial charge in [-0.15, -0.1) is 0 Å². The van der Waals surface area contributed by atoms with Gasteiger partial charge in [0.1, 0.15) is 5.75 Å². The Hall–Kier alpha value is -1.27. The van der Waals surface area contributed by atoms with Crippen molar-refractivity contribution < 1.29 is 4.74 Å². The van der Waals surface area contributed by atoms with Crippen molar-refractivity contribution >= 4 is 21.9 Å². The minimum absolute atomic E-state index is 0.141. The van der Waals surface area contributed by atoms with Gasteiger partial charge in [0.05, 0.1) is 19.7 Å². The molecule has 5 nitrogen and oxygen atoms in total. The molecule has 0 bridgehead atoms. The van der Waals surface area contributed by atoms with Crippen LogP contribution in [0.2, 0.25) is 0 Å². The molecule has 0 radical (unpaired) electrons. The second-order valence-corrected chi connectivity index (χ2v) is 6.01. The summed E-state index contributed by atoms with van der Waals surface area (Å²) < 4.78 is 6.51. The van der Waals surface area contributed by atoms with E-state index in [4.69, 9.17) is 10.5 Å². The molecule has 1 atom stereocenters. The Morgan fingerprint density at radius 1 is 1.50 bits per heavy atom. The molecule has 6 heteroatoms. The van der Waals surface area contributed by atoms with Crippen molar-refractivity contribution in [2.45, 2.75) is 6.04 Å². The van der Waals surface area contributed by atoms with Crippen molar-refractivity contribution in [1.82, 2.24) is 9.80 Å². The van der Waals surface area contributed by atoms with Gasteiger partial charge in [-0.2, -0.15) is 0 Å². The number of aliphatic imine (C=N–C) groups is 1. The third-order valence-corrected chi connectivity index (χ3v) is 3.93. The number of ether oxygens (including phenoxy) is 1. The molecule has 2 rings (SSSR count). The van der Waals surface area contributed by atoms with Crippen LogP contribution in [0.15, 0.2) is 27.7 Å². The third kappa shape index (κ3) is 3.24. The number of hydrogen-bond acceptors (Lipinski definition) is 5. The summed E-state index contributed by atoms with van der Waals surface area (Å²) in [6.45, 7) is 2.46. The molecule has 1 unspecified atom stereocenters. The lowest BCUT2D eigenvalue weighted by molar-refractivity contribution is 0.287. The molecule has 20 heavy (non-hydrogen) atoms. The zero-order chi connectivity index (χ0) is 14.7. The predicted molar refractivity (Wildman–Crippen MR) is 85.2 cm³/mol. The first-order valence-electron chi connectivity index (χ1n) is 6.57. The molecule has 1 aromatic rings. The zero-order valence-corrected chi connectivity index (χ0v) is 13.7. The first kappa shape index (κ1) is 15.1. The number of rotatable bonds is 5. The average Bonchev–Trinajstić information content (AvgIpc) is 2.77. The van der Waals surface area contributed by atoms with Gasteiger partial charge in [-0.1, -0.05) is 15.9 Å². The van der Waals surface area contributed by atoms with Crippen LogP contribution in [0, 0.1) is 0 Å². The Morgan fingerprint density at radius 2 is 2.25 bits per heavy atom. The topological polar surface area (TPSA) is 54.1 Å². The van der Waals surface area contributed by atoms with E-state index >= 15 is 0 Å². The summed E-state index contributed by atoms with van der Waals surface area (Å²) >= 11 is 3.52. The monoisotopic (exact) mass is 340 g/mol. The second-order valence-electron chi connectivity index (χ2n) is 5.10. The lowest BCUT2D eigenvalue weighted by atomic mass is 10.1. The molecule has 0 amide bonds. The van der Waals surface area contributed by atoms with Crippen LogP contribution >= 0.6 is 15.9 Å². The van der Waals surface area contributed by atoms with E-state index < -0.39 is 0 Å². The quantitative estimate of drug-likeness (QED) is 0.886. The SMILES string of the molecule is COc1ccc(Br)cc1C1CN=C(N)N1CCN(C)C. The van der Waals surface area contributed by atoms with Gasteiger partial charge in [0.2, 0.25) is 0 Å². The van der Waals surface area contributed by atoms with E-state index in [1.54, 1.807) is 7.11 Å². The van der Waals surface area contributed by atoms with E-state index in [-0.39, 0.29) is 6.04 Å². The van der Waals surface area contributed by atoms with Gasteiger partial charge < -0.3 is 20.3 Å². The lowest BCUT2D eigenvalue weighted by Gasteiger charge is -2.28. The van der Waals surface area contributed by atoms with Gasteiger partial charge in [-0.25, -0.2) is 0 Å². The fourth-order valence-electron chi connectivity index (χ4n) is 2.34. The summed E-state index contributed by atoms with van der Waals surface area (Å²) in [5.41, 5.74) is 7.14. The maximum absolute atomic E-state index is 6.03. The van der Waals surface area contributed by atoms with Gasteiger partial charge in [0.25, 0.3) is 0 Å². The van der Waals surface area contributed by atoms with Crippen LogP contribution < -0.4 is 10.5 Å². The smallest absolute Gasteiger partial charge is 0.191 e. The van der Waals surface area contributed by atoms with E-state index in [0.717, 1.165) is 28.9 Å². The number of benzene rings is 1. The van der Waals surface area contributed by atoms with Gasteiger partial charge in [0.15, 0.2) is 5.96 Å². The molecule has 0 aliphatic carbocycles. The van der Waals surface area contributed by atoms with Crippen LogP contribution in [0.1, 0.15) is 11.6 Å². The highest BCUT2D eigenvalue weighted by Crippen LogP contribution is 2.34. The van der Waals surface area contributed by atoms with Crippen molar-refractivity contribution in [3.8, 4) is 5.75 Å². The molecule has 1 heterocycles. The number of nitrogens with two attached hydrogens (primary N) is 1. The molecule has 0 fully saturated rings. The minimum atomic E-state index is 0.141. The summed E-state index contributed by atoms with van der Waals surface area (Å²) in [5.74, 6) is 1.48. The highest BCUT2D eigenvalue weighted by Gasteiger charge is 2.29. The summed E-state index contributed by atoms with van der Waals surface area (Å²) in [5, 5.41) is 0. The molecule has 0 saturated carbocycles. The summed E-state index contributed by atoms with van der Waals surface area (Å²) in [7, 11) is 5.80. The molecular weight excluding hydrogens is 320 g/mol. The number of likely N-dealkylation sites (N-methyl/N-ethyl adjacent to an activating group) is 1. The summed E-state index contributed by atoms with van der Waals surface area (Å²) in [6, 6.07) is 6.17. The highest BCUT2D eigenvalue weighted by molar-refractivity contribution is 9.10. The van der Waals surface area contributed by atoms with Crippen LogP contribution in [0.5, 0.6) is 5.75 Å². The number of halogens is 1. The molecule has 1 aliphatic heterocycles. The molecule has 1 aliphatic rings. The largest absolute Gasteiger partial charge is 0.496 e. The highest BCUT2D eigenvalue weighted by atomic mass is 79.9. The molecule has 1 aromatic carbocycles. The fraction of sp³-hybridized carbons (Fsp3) is 0.500.